The minimum Gasteiger partial charge on any atom is -0.480 e. The number of carboxylic acids is 1. The van der Waals surface area contributed by atoms with Gasteiger partial charge < -0.3 is 25.6 Å². The van der Waals surface area contributed by atoms with Gasteiger partial charge in [0.1, 0.15) is 18.7 Å². The summed E-state index contributed by atoms with van der Waals surface area (Å²) in [5.74, 6) is -2.04. The molecular formula is C21H24N2O6. The molecule has 29 heavy (non-hydrogen) atoms. The Hall–Kier alpha value is -3.39. The number of hydrogen-bond acceptors (Lipinski definition) is 5. The minimum atomic E-state index is -1.34. The van der Waals surface area contributed by atoms with Gasteiger partial charge in [0.05, 0.1) is 6.61 Å². The molecule has 4 N–H and O–H groups in total. The van der Waals surface area contributed by atoms with Crippen LogP contribution in [0.2, 0.25) is 0 Å². The van der Waals surface area contributed by atoms with Gasteiger partial charge in [-0.3, -0.25) is 4.79 Å². The molecule has 0 bridgehead atoms. The summed E-state index contributed by atoms with van der Waals surface area (Å²) in [5, 5.41) is 23.4. The van der Waals surface area contributed by atoms with Crippen LogP contribution in [0.4, 0.5) is 4.79 Å². The van der Waals surface area contributed by atoms with Crippen LogP contribution in [0.5, 0.6) is 0 Å². The number of alkyl carbamates (subject to hydrolysis) is 1. The van der Waals surface area contributed by atoms with Crippen LogP contribution >= 0.6 is 0 Å². The third-order valence-electron chi connectivity index (χ3n) is 4.18. The molecule has 0 aliphatic carbocycles. The Morgan fingerprint density at radius 2 is 1.59 bits per heavy atom. The lowest BCUT2D eigenvalue weighted by atomic mass is 10.0. The van der Waals surface area contributed by atoms with Crippen LogP contribution in [0.25, 0.3) is 0 Å². The van der Waals surface area contributed by atoms with Crippen molar-refractivity contribution in [2.75, 3.05) is 6.61 Å². The van der Waals surface area contributed by atoms with Gasteiger partial charge in [-0.2, -0.15) is 0 Å². The minimum absolute atomic E-state index is 0.00237. The SMILES string of the molecule is Cc1ccc(C[C@H](NC(=O)[C@H](CO)NC(=O)OCc2ccccc2)C(=O)O)cc1. The molecule has 0 saturated carbocycles. The molecule has 0 unspecified atom stereocenters. The molecule has 8 heteroatoms. The van der Waals surface area contributed by atoms with Crippen molar-refractivity contribution in [3.63, 3.8) is 0 Å². The number of hydrogen-bond donors (Lipinski definition) is 4. The summed E-state index contributed by atoms with van der Waals surface area (Å²) in [7, 11) is 0. The van der Waals surface area contributed by atoms with Crippen LogP contribution in [0.1, 0.15) is 16.7 Å². The molecule has 0 aliphatic heterocycles. The fourth-order valence-corrected chi connectivity index (χ4v) is 2.53. The zero-order valence-corrected chi connectivity index (χ0v) is 16.0. The second-order valence-electron chi connectivity index (χ2n) is 6.53. The largest absolute Gasteiger partial charge is 0.480 e. The van der Waals surface area contributed by atoms with Crippen LogP contribution in [0.15, 0.2) is 54.6 Å². The van der Waals surface area contributed by atoms with E-state index in [1.807, 2.05) is 25.1 Å². The van der Waals surface area contributed by atoms with Crippen LogP contribution in [-0.4, -0.2) is 46.9 Å². The van der Waals surface area contributed by atoms with Crippen molar-refractivity contribution >= 4 is 18.0 Å². The van der Waals surface area contributed by atoms with Crippen molar-refractivity contribution in [2.24, 2.45) is 0 Å². The molecule has 0 aromatic heterocycles. The van der Waals surface area contributed by atoms with Gasteiger partial charge in [-0.05, 0) is 18.1 Å². The highest BCUT2D eigenvalue weighted by atomic mass is 16.5. The van der Waals surface area contributed by atoms with Crippen molar-refractivity contribution in [3.8, 4) is 0 Å². The molecule has 2 aromatic rings. The van der Waals surface area contributed by atoms with E-state index in [-0.39, 0.29) is 13.0 Å². The van der Waals surface area contributed by atoms with Gasteiger partial charge in [0.2, 0.25) is 5.91 Å². The zero-order chi connectivity index (χ0) is 21.2. The Morgan fingerprint density at radius 3 is 2.17 bits per heavy atom. The van der Waals surface area contributed by atoms with E-state index in [1.54, 1.807) is 36.4 Å². The summed E-state index contributed by atoms with van der Waals surface area (Å²) < 4.78 is 5.01. The Bertz CT molecular complexity index is 823. The van der Waals surface area contributed by atoms with E-state index in [2.05, 4.69) is 10.6 Å². The number of aliphatic carboxylic acids is 1. The summed E-state index contributed by atoms with van der Waals surface area (Å²) in [5.41, 5.74) is 2.53. The molecule has 2 rings (SSSR count). The van der Waals surface area contributed by atoms with Gasteiger partial charge in [0, 0.05) is 6.42 Å². The highest BCUT2D eigenvalue weighted by molar-refractivity contribution is 5.89. The molecular weight excluding hydrogens is 376 g/mol. The summed E-state index contributed by atoms with van der Waals surface area (Å²) in [6.45, 7) is 1.20. The number of benzene rings is 2. The number of ether oxygens (including phenoxy) is 1. The quantitative estimate of drug-likeness (QED) is 0.504. The monoisotopic (exact) mass is 400 g/mol. The fraction of sp³-hybridized carbons (Fsp3) is 0.286. The maximum absolute atomic E-state index is 12.3. The summed E-state index contributed by atoms with van der Waals surface area (Å²) >= 11 is 0. The molecule has 154 valence electrons. The third-order valence-corrected chi connectivity index (χ3v) is 4.18. The van der Waals surface area contributed by atoms with Crippen LogP contribution < -0.4 is 10.6 Å². The fourth-order valence-electron chi connectivity index (χ4n) is 2.53. The normalized spacial score (nSPS) is 12.5. The van der Waals surface area contributed by atoms with Crippen molar-refractivity contribution in [3.05, 3.63) is 71.3 Å². The van der Waals surface area contributed by atoms with Crippen molar-refractivity contribution in [2.45, 2.75) is 32.0 Å². The van der Waals surface area contributed by atoms with E-state index < -0.39 is 36.7 Å². The number of nitrogens with one attached hydrogen (secondary N) is 2. The smallest absolute Gasteiger partial charge is 0.408 e. The van der Waals surface area contributed by atoms with Crippen molar-refractivity contribution in [1.82, 2.24) is 10.6 Å². The number of carbonyl (C=O) groups excluding carboxylic acids is 2. The van der Waals surface area contributed by atoms with Crippen LogP contribution in [0, 0.1) is 6.92 Å². The summed E-state index contributed by atoms with van der Waals surface area (Å²) in [6.07, 6.45) is -0.828. The summed E-state index contributed by atoms with van der Waals surface area (Å²) in [6, 6.07) is 13.7. The number of aliphatic hydroxyl groups is 1. The standard InChI is InChI=1S/C21H24N2O6/c1-14-7-9-15(10-8-14)11-17(20(26)27)22-19(25)18(12-24)23-21(28)29-13-16-5-3-2-4-6-16/h2-10,17-18,24H,11-13H2,1H3,(H,22,25)(H,23,28)(H,26,27)/t17-,18-/m0/s1. The van der Waals surface area contributed by atoms with Gasteiger partial charge in [-0.25, -0.2) is 9.59 Å². The average Bonchev–Trinajstić information content (AvgIpc) is 2.72. The topological polar surface area (TPSA) is 125 Å². The number of aryl methyl sites for hydroxylation is 1. The lowest BCUT2D eigenvalue weighted by molar-refractivity contribution is -0.142. The number of aliphatic hydroxyl groups excluding tert-OH is 1. The maximum atomic E-state index is 12.3. The predicted octanol–water partition coefficient (Wildman–Crippen LogP) is 1.39. The van der Waals surface area contributed by atoms with Gasteiger partial charge in [-0.1, -0.05) is 60.2 Å². The van der Waals surface area contributed by atoms with Crippen LogP contribution in [-0.2, 0) is 27.4 Å². The molecule has 2 atom stereocenters. The highest BCUT2D eigenvalue weighted by Crippen LogP contribution is 2.07. The summed E-state index contributed by atoms with van der Waals surface area (Å²) in [4.78, 5) is 35.7. The highest BCUT2D eigenvalue weighted by Gasteiger charge is 2.26. The van der Waals surface area contributed by atoms with E-state index in [9.17, 15) is 24.6 Å². The van der Waals surface area contributed by atoms with E-state index in [4.69, 9.17) is 4.74 Å². The first-order valence-electron chi connectivity index (χ1n) is 9.06. The van der Waals surface area contributed by atoms with E-state index in [1.165, 1.54) is 0 Å². The van der Waals surface area contributed by atoms with Gasteiger partial charge in [-0.15, -0.1) is 0 Å². The lowest BCUT2D eigenvalue weighted by Gasteiger charge is -2.20. The van der Waals surface area contributed by atoms with E-state index in [0.29, 0.717) is 0 Å². The predicted molar refractivity (Wildman–Crippen MR) is 105 cm³/mol. The maximum Gasteiger partial charge on any atom is 0.408 e. The second-order valence-corrected chi connectivity index (χ2v) is 6.53. The molecule has 0 saturated heterocycles. The average molecular weight is 400 g/mol. The first-order valence-corrected chi connectivity index (χ1v) is 9.06. The van der Waals surface area contributed by atoms with Gasteiger partial charge >= 0.3 is 12.1 Å². The van der Waals surface area contributed by atoms with Crippen LogP contribution in [0.3, 0.4) is 0 Å². The second kappa shape index (κ2) is 10.8. The van der Waals surface area contributed by atoms with Crippen molar-refractivity contribution < 1.29 is 29.3 Å². The molecule has 8 nitrogen and oxygen atoms in total. The zero-order valence-electron chi connectivity index (χ0n) is 16.0. The van der Waals surface area contributed by atoms with E-state index in [0.717, 1.165) is 16.7 Å². The molecule has 2 aromatic carbocycles. The van der Waals surface area contributed by atoms with Crippen molar-refractivity contribution in [1.29, 1.82) is 0 Å². The first kappa shape index (κ1) is 21.9. The van der Waals surface area contributed by atoms with Gasteiger partial charge in [0.15, 0.2) is 0 Å². The van der Waals surface area contributed by atoms with Gasteiger partial charge in [0.25, 0.3) is 0 Å². The Morgan fingerprint density at radius 1 is 0.931 bits per heavy atom. The number of carbonyl (C=O) groups is 3. The molecule has 0 aliphatic rings. The number of amides is 2. The number of carboxylic acid groups (broad SMARTS) is 1. The molecule has 0 spiro atoms. The number of rotatable bonds is 9. The Kier molecular flexibility index (Phi) is 8.17. The molecule has 2 amide bonds. The first-order chi connectivity index (χ1) is 13.9. The Labute approximate surface area is 168 Å². The molecule has 0 fully saturated rings. The lowest BCUT2D eigenvalue weighted by Crippen LogP contribution is -2.53. The molecule has 0 radical (unpaired) electrons. The third kappa shape index (κ3) is 7.27. The van der Waals surface area contributed by atoms with E-state index >= 15 is 0 Å². The molecule has 0 heterocycles. The Balaban J connectivity index is 1.91.